The Morgan fingerprint density at radius 3 is 2.11 bits per heavy atom. The Hall–Kier alpha value is -3.60. The third-order valence-electron chi connectivity index (χ3n) is 4.74. The topological polar surface area (TPSA) is 64.1 Å². The van der Waals surface area contributed by atoms with Crippen molar-refractivity contribution in [2.45, 2.75) is 19.6 Å². The van der Waals surface area contributed by atoms with Gasteiger partial charge in [-0.15, -0.1) is 0 Å². The van der Waals surface area contributed by atoms with E-state index >= 15 is 0 Å². The van der Waals surface area contributed by atoms with Crippen molar-refractivity contribution in [3.8, 4) is 0 Å². The monoisotopic (exact) mass is 370 g/mol. The molecule has 0 saturated heterocycles. The predicted molar refractivity (Wildman–Crippen MR) is 111 cm³/mol. The Bertz CT molecular complexity index is 1030. The molecule has 2 N–H and O–H groups in total. The molecule has 4 aromatic rings. The number of hydrogen-bond donors (Lipinski definition) is 1. The number of nitrogens with zero attached hydrogens (tertiary/aromatic N) is 3. The van der Waals surface area contributed by atoms with Crippen LogP contribution in [0, 0.1) is 0 Å². The van der Waals surface area contributed by atoms with Crippen LogP contribution in [-0.4, -0.2) is 20.6 Å². The zero-order valence-electron chi connectivity index (χ0n) is 15.5. The van der Waals surface area contributed by atoms with Crippen molar-refractivity contribution in [2.75, 3.05) is 5.73 Å². The molecule has 0 radical (unpaired) electrons. The predicted octanol–water partition coefficient (Wildman–Crippen LogP) is 3.85. The molecule has 5 nitrogen and oxygen atoms in total. The first-order valence-corrected chi connectivity index (χ1v) is 9.26. The smallest absolute Gasteiger partial charge is 0.244 e. The first kappa shape index (κ1) is 17.8. The van der Waals surface area contributed by atoms with E-state index in [4.69, 9.17) is 5.73 Å². The van der Waals surface area contributed by atoms with Gasteiger partial charge in [-0.2, -0.15) is 5.10 Å². The van der Waals surface area contributed by atoms with Crippen LogP contribution in [0.15, 0.2) is 85.1 Å². The van der Waals surface area contributed by atoms with Crippen LogP contribution in [0.5, 0.6) is 0 Å². The molecular weight excluding hydrogens is 348 g/mol. The molecule has 0 aliphatic heterocycles. The van der Waals surface area contributed by atoms with Crippen LogP contribution >= 0.6 is 0 Å². The lowest BCUT2D eigenvalue weighted by Crippen LogP contribution is -2.33. The van der Waals surface area contributed by atoms with Crippen molar-refractivity contribution in [3.05, 3.63) is 96.2 Å². The number of carbonyl (C=O) groups is 1. The second kappa shape index (κ2) is 7.96. The lowest BCUT2D eigenvalue weighted by Gasteiger charge is -2.23. The third-order valence-corrected chi connectivity index (χ3v) is 4.74. The SMILES string of the molecule is Nc1ccc2cnn(CC(=O)N(Cc3ccccc3)Cc3ccccc3)c2c1. The van der Waals surface area contributed by atoms with Gasteiger partial charge < -0.3 is 10.6 Å². The van der Waals surface area contributed by atoms with E-state index in [1.807, 2.05) is 83.8 Å². The summed E-state index contributed by atoms with van der Waals surface area (Å²) in [6.45, 7) is 1.28. The maximum atomic E-state index is 13.2. The van der Waals surface area contributed by atoms with Crippen LogP contribution in [0.2, 0.25) is 0 Å². The Morgan fingerprint density at radius 1 is 0.893 bits per heavy atom. The molecule has 0 spiro atoms. The second-order valence-corrected chi connectivity index (χ2v) is 6.84. The number of hydrogen-bond acceptors (Lipinski definition) is 3. The molecular formula is C23H22N4O. The zero-order chi connectivity index (χ0) is 19.3. The van der Waals surface area contributed by atoms with Crippen molar-refractivity contribution in [1.29, 1.82) is 0 Å². The van der Waals surface area contributed by atoms with Gasteiger partial charge in [-0.05, 0) is 29.3 Å². The summed E-state index contributed by atoms with van der Waals surface area (Å²) < 4.78 is 1.72. The Morgan fingerprint density at radius 2 is 1.50 bits per heavy atom. The van der Waals surface area contributed by atoms with Gasteiger partial charge in [-0.3, -0.25) is 9.48 Å². The quantitative estimate of drug-likeness (QED) is 0.524. The Labute approximate surface area is 164 Å². The van der Waals surface area contributed by atoms with Gasteiger partial charge in [0, 0.05) is 24.2 Å². The summed E-state index contributed by atoms with van der Waals surface area (Å²) in [5.41, 5.74) is 9.64. The van der Waals surface area contributed by atoms with E-state index in [-0.39, 0.29) is 12.5 Å². The number of nitrogens with two attached hydrogens (primary N) is 1. The van der Waals surface area contributed by atoms with E-state index in [1.54, 1.807) is 10.9 Å². The van der Waals surface area contributed by atoms with Gasteiger partial charge in [0.15, 0.2) is 0 Å². The van der Waals surface area contributed by atoms with Gasteiger partial charge in [-0.25, -0.2) is 0 Å². The van der Waals surface area contributed by atoms with Gasteiger partial charge >= 0.3 is 0 Å². The highest BCUT2D eigenvalue weighted by molar-refractivity contribution is 5.84. The van der Waals surface area contributed by atoms with Crippen molar-refractivity contribution >= 4 is 22.5 Å². The molecule has 140 valence electrons. The molecule has 0 bridgehead atoms. The molecule has 1 aromatic heterocycles. The van der Waals surface area contributed by atoms with Crippen LogP contribution in [0.1, 0.15) is 11.1 Å². The molecule has 28 heavy (non-hydrogen) atoms. The van der Waals surface area contributed by atoms with Gasteiger partial charge in [0.2, 0.25) is 5.91 Å². The maximum Gasteiger partial charge on any atom is 0.244 e. The average Bonchev–Trinajstić information content (AvgIpc) is 3.11. The minimum Gasteiger partial charge on any atom is -0.399 e. The van der Waals surface area contributed by atoms with Gasteiger partial charge in [0.25, 0.3) is 0 Å². The minimum atomic E-state index is 0.0140. The van der Waals surface area contributed by atoms with Gasteiger partial charge in [0.05, 0.1) is 11.7 Å². The van der Waals surface area contributed by atoms with Crippen LogP contribution in [0.25, 0.3) is 10.9 Å². The van der Waals surface area contributed by atoms with Crippen molar-refractivity contribution in [3.63, 3.8) is 0 Å². The Balaban J connectivity index is 1.59. The summed E-state index contributed by atoms with van der Waals surface area (Å²) in [5, 5.41) is 5.36. The first-order valence-electron chi connectivity index (χ1n) is 9.26. The zero-order valence-corrected chi connectivity index (χ0v) is 15.5. The molecule has 5 heteroatoms. The number of aromatic nitrogens is 2. The summed E-state index contributed by atoms with van der Waals surface area (Å²) in [5.74, 6) is 0.0140. The van der Waals surface area contributed by atoms with Gasteiger partial charge in [0.1, 0.15) is 6.54 Å². The minimum absolute atomic E-state index is 0.0140. The van der Waals surface area contributed by atoms with E-state index in [2.05, 4.69) is 5.10 Å². The number of carbonyl (C=O) groups excluding carboxylic acids is 1. The van der Waals surface area contributed by atoms with Crippen LogP contribution in [-0.2, 0) is 24.4 Å². The molecule has 0 fully saturated rings. The van der Waals surface area contributed by atoms with E-state index in [1.165, 1.54) is 0 Å². The fourth-order valence-electron chi connectivity index (χ4n) is 3.28. The largest absolute Gasteiger partial charge is 0.399 e. The van der Waals surface area contributed by atoms with Gasteiger partial charge in [-0.1, -0.05) is 60.7 Å². The standard InChI is InChI=1S/C23H22N4O/c24-21-12-11-20-14-25-27(22(20)13-21)17-23(28)26(15-18-7-3-1-4-8-18)16-19-9-5-2-6-10-19/h1-14H,15-17,24H2. The average molecular weight is 370 g/mol. The molecule has 1 heterocycles. The summed E-state index contributed by atoms with van der Waals surface area (Å²) in [6, 6.07) is 25.7. The summed E-state index contributed by atoms with van der Waals surface area (Å²) in [7, 11) is 0. The molecule has 0 saturated carbocycles. The third kappa shape index (κ3) is 4.04. The van der Waals surface area contributed by atoms with E-state index in [0.29, 0.717) is 18.8 Å². The summed E-state index contributed by atoms with van der Waals surface area (Å²) in [4.78, 5) is 15.0. The van der Waals surface area contributed by atoms with Crippen LogP contribution in [0.4, 0.5) is 5.69 Å². The lowest BCUT2D eigenvalue weighted by molar-refractivity contribution is -0.133. The molecule has 3 aromatic carbocycles. The highest BCUT2D eigenvalue weighted by Crippen LogP contribution is 2.18. The highest BCUT2D eigenvalue weighted by Gasteiger charge is 2.17. The maximum absolute atomic E-state index is 13.2. The number of amides is 1. The highest BCUT2D eigenvalue weighted by atomic mass is 16.2. The number of benzene rings is 3. The number of anilines is 1. The van der Waals surface area contributed by atoms with Crippen molar-refractivity contribution in [1.82, 2.24) is 14.7 Å². The fraction of sp³-hybridized carbons (Fsp3) is 0.130. The summed E-state index contributed by atoms with van der Waals surface area (Å²) in [6.07, 6.45) is 1.76. The Kier molecular flexibility index (Phi) is 5.06. The molecule has 0 aliphatic carbocycles. The lowest BCUT2D eigenvalue weighted by atomic mass is 10.1. The number of fused-ring (bicyclic) bond motifs is 1. The van der Waals surface area contributed by atoms with Crippen molar-refractivity contribution in [2.24, 2.45) is 0 Å². The van der Waals surface area contributed by atoms with E-state index in [9.17, 15) is 4.79 Å². The molecule has 1 amide bonds. The molecule has 0 atom stereocenters. The second-order valence-electron chi connectivity index (χ2n) is 6.84. The van der Waals surface area contributed by atoms with Crippen molar-refractivity contribution < 1.29 is 4.79 Å². The molecule has 0 unspecified atom stereocenters. The normalized spacial score (nSPS) is 10.9. The van der Waals surface area contributed by atoms with Crippen LogP contribution < -0.4 is 5.73 Å². The van der Waals surface area contributed by atoms with E-state index in [0.717, 1.165) is 22.0 Å². The molecule has 4 rings (SSSR count). The van der Waals surface area contributed by atoms with Crippen LogP contribution in [0.3, 0.4) is 0 Å². The number of rotatable bonds is 6. The van der Waals surface area contributed by atoms with E-state index < -0.39 is 0 Å². The summed E-state index contributed by atoms with van der Waals surface area (Å²) >= 11 is 0. The molecule has 0 aliphatic rings. The fourth-order valence-corrected chi connectivity index (χ4v) is 3.28. The number of nitrogen functional groups attached to an aromatic ring is 1. The first-order chi connectivity index (χ1) is 13.7.